The van der Waals surface area contributed by atoms with Crippen LogP contribution in [0.5, 0.6) is 0 Å². The highest BCUT2D eigenvalue weighted by molar-refractivity contribution is 6.03. The molecule has 10 heteroatoms. The van der Waals surface area contributed by atoms with E-state index in [-0.39, 0.29) is 5.56 Å². The Morgan fingerprint density at radius 2 is 2.09 bits per heavy atom. The maximum absolute atomic E-state index is 13.1. The van der Waals surface area contributed by atoms with Crippen molar-refractivity contribution in [3.63, 3.8) is 0 Å². The minimum Gasteiger partial charge on any atom is -0.368 e. The van der Waals surface area contributed by atoms with Gasteiger partial charge in [0, 0.05) is 31.0 Å². The molecular formula is C22H25F3N6O. The Hall–Kier alpha value is -3.14. The average Bonchev–Trinajstić information content (AvgIpc) is 3.30. The van der Waals surface area contributed by atoms with Gasteiger partial charge in [0.25, 0.3) is 5.91 Å². The summed E-state index contributed by atoms with van der Waals surface area (Å²) in [5.41, 5.74) is 9.44. The molecule has 1 aliphatic heterocycles. The lowest BCUT2D eigenvalue weighted by Gasteiger charge is -2.26. The molecule has 4 rings (SSSR count). The number of nitrogens with zero attached hydrogens (tertiary/aromatic N) is 3. The van der Waals surface area contributed by atoms with Gasteiger partial charge in [0.2, 0.25) is 0 Å². The van der Waals surface area contributed by atoms with Gasteiger partial charge in [0.1, 0.15) is 11.9 Å². The Balaban J connectivity index is 1.84. The van der Waals surface area contributed by atoms with Crippen molar-refractivity contribution in [3.05, 3.63) is 41.7 Å². The Kier molecular flexibility index (Phi) is 5.36. The lowest BCUT2D eigenvalue weighted by Crippen LogP contribution is -2.44. The third kappa shape index (κ3) is 4.14. The Bertz CT molecular complexity index is 1170. The van der Waals surface area contributed by atoms with Crippen LogP contribution in [0.2, 0.25) is 0 Å². The van der Waals surface area contributed by atoms with E-state index in [1.54, 1.807) is 6.20 Å². The lowest BCUT2D eigenvalue weighted by atomic mass is 10.0. The van der Waals surface area contributed by atoms with E-state index in [2.05, 4.69) is 15.0 Å². The maximum Gasteiger partial charge on any atom is 0.408 e. The van der Waals surface area contributed by atoms with Gasteiger partial charge < -0.3 is 20.9 Å². The number of aromatic nitrogens is 3. The molecule has 1 fully saturated rings. The largest absolute Gasteiger partial charge is 0.408 e. The van der Waals surface area contributed by atoms with Crippen LogP contribution in [0.3, 0.4) is 0 Å². The molecule has 4 N–H and O–H groups in total. The van der Waals surface area contributed by atoms with E-state index < -0.39 is 23.7 Å². The van der Waals surface area contributed by atoms with Crippen LogP contribution >= 0.6 is 0 Å². The smallest absolute Gasteiger partial charge is 0.368 e. The van der Waals surface area contributed by atoms with E-state index in [0.717, 1.165) is 23.5 Å². The fraction of sp³-hybridized carbons (Fsp3) is 0.409. The highest BCUT2D eigenvalue weighted by atomic mass is 19.4. The summed E-state index contributed by atoms with van der Waals surface area (Å²) in [5.74, 6) is -0.363. The number of anilines is 1. The molecule has 7 nitrogen and oxygen atoms in total. The zero-order valence-electron chi connectivity index (χ0n) is 18.0. The summed E-state index contributed by atoms with van der Waals surface area (Å²) in [6.45, 7) is 5.75. The minimum absolute atomic E-state index is 0.0495. The Morgan fingerprint density at radius 1 is 1.34 bits per heavy atom. The van der Waals surface area contributed by atoms with Crippen molar-refractivity contribution in [1.82, 2.24) is 20.3 Å². The zero-order valence-corrected chi connectivity index (χ0v) is 18.0. The van der Waals surface area contributed by atoms with E-state index in [9.17, 15) is 18.0 Å². The summed E-state index contributed by atoms with van der Waals surface area (Å²) in [5, 5.41) is 2.04. The number of imidazole rings is 1. The molecule has 0 aliphatic carbocycles. The van der Waals surface area contributed by atoms with Crippen LogP contribution in [0.1, 0.15) is 36.2 Å². The van der Waals surface area contributed by atoms with E-state index in [0.29, 0.717) is 36.6 Å². The number of aromatic amines is 1. The zero-order chi connectivity index (χ0) is 23.3. The number of halogens is 3. The normalized spacial score (nSPS) is 20.0. The second-order valence-electron chi connectivity index (χ2n) is 8.70. The summed E-state index contributed by atoms with van der Waals surface area (Å²) in [6.07, 6.45) is -1.02. The van der Waals surface area contributed by atoms with Gasteiger partial charge in [-0.2, -0.15) is 13.2 Å². The van der Waals surface area contributed by atoms with Crippen molar-refractivity contribution >= 4 is 22.6 Å². The number of fused-ring (bicyclic) bond motifs is 1. The standard InChI is InChI=1S/C22H25F3N6O/c1-12-5-4-6-16-17(12)30-19(29-16)14-9-27-10-15(20(32)28-13(2)22(23,24)25)18(14)31-8-7-21(3,26)11-31/h4-6,9-10,13H,7-8,11,26H2,1-3H3,(H,28,32)(H,29,30). The van der Waals surface area contributed by atoms with Gasteiger partial charge in [-0.25, -0.2) is 4.98 Å². The van der Waals surface area contributed by atoms with Crippen LogP contribution in [0.15, 0.2) is 30.6 Å². The fourth-order valence-corrected chi connectivity index (χ4v) is 3.97. The maximum atomic E-state index is 13.1. The Labute approximate surface area is 183 Å². The Morgan fingerprint density at radius 3 is 2.72 bits per heavy atom. The molecule has 3 aromatic rings. The molecule has 0 bridgehead atoms. The SMILES string of the molecule is Cc1cccc2[nH]c(-c3cncc(C(=O)NC(C)C(F)(F)F)c3N3CCC(C)(N)C3)nc12. The predicted octanol–water partition coefficient (Wildman–Crippen LogP) is 3.54. The van der Waals surface area contributed by atoms with E-state index in [4.69, 9.17) is 5.73 Å². The number of para-hydroxylation sites is 1. The fourth-order valence-electron chi connectivity index (χ4n) is 3.97. The summed E-state index contributed by atoms with van der Waals surface area (Å²) >= 11 is 0. The molecule has 0 spiro atoms. The molecule has 2 aromatic heterocycles. The number of alkyl halides is 3. The van der Waals surface area contributed by atoms with Gasteiger partial charge in [-0.1, -0.05) is 12.1 Å². The van der Waals surface area contributed by atoms with Crippen molar-refractivity contribution in [2.24, 2.45) is 5.73 Å². The van der Waals surface area contributed by atoms with Crippen molar-refractivity contribution in [2.75, 3.05) is 18.0 Å². The first-order valence-corrected chi connectivity index (χ1v) is 10.3. The van der Waals surface area contributed by atoms with Crippen molar-refractivity contribution < 1.29 is 18.0 Å². The van der Waals surface area contributed by atoms with Crippen LogP contribution in [-0.4, -0.2) is 51.7 Å². The topological polar surface area (TPSA) is 99.9 Å². The summed E-state index contributed by atoms with van der Waals surface area (Å²) < 4.78 is 39.2. The number of hydrogen-bond acceptors (Lipinski definition) is 5. The van der Waals surface area contributed by atoms with Gasteiger partial charge in [-0.15, -0.1) is 0 Å². The summed E-state index contributed by atoms with van der Waals surface area (Å²) in [7, 11) is 0. The second-order valence-corrected chi connectivity index (χ2v) is 8.70. The number of benzene rings is 1. The molecule has 0 saturated carbocycles. The predicted molar refractivity (Wildman–Crippen MR) is 116 cm³/mol. The number of hydrogen-bond donors (Lipinski definition) is 3. The molecule has 2 atom stereocenters. The number of rotatable bonds is 4. The van der Waals surface area contributed by atoms with Crippen molar-refractivity contribution in [1.29, 1.82) is 0 Å². The number of carbonyl (C=O) groups is 1. The third-order valence-corrected chi connectivity index (χ3v) is 5.79. The highest BCUT2D eigenvalue weighted by Crippen LogP contribution is 2.37. The molecule has 170 valence electrons. The van der Waals surface area contributed by atoms with Gasteiger partial charge >= 0.3 is 6.18 Å². The third-order valence-electron chi connectivity index (χ3n) is 5.79. The molecule has 32 heavy (non-hydrogen) atoms. The van der Waals surface area contributed by atoms with Gasteiger partial charge in [-0.05, 0) is 38.8 Å². The lowest BCUT2D eigenvalue weighted by molar-refractivity contribution is -0.149. The first-order chi connectivity index (χ1) is 15.0. The van der Waals surface area contributed by atoms with Gasteiger partial charge in [-0.3, -0.25) is 9.78 Å². The molecule has 1 aliphatic rings. The van der Waals surface area contributed by atoms with Crippen molar-refractivity contribution in [2.45, 2.75) is 44.9 Å². The van der Waals surface area contributed by atoms with Crippen molar-refractivity contribution in [3.8, 4) is 11.4 Å². The first kappa shape index (κ1) is 22.1. The van der Waals surface area contributed by atoms with Crippen LogP contribution in [-0.2, 0) is 0 Å². The number of carbonyl (C=O) groups excluding carboxylic acids is 1. The number of aryl methyl sites for hydroxylation is 1. The van der Waals surface area contributed by atoms with E-state index in [1.807, 2.05) is 42.3 Å². The quantitative estimate of drug-likeness (QED) is 0.569. The van der Waals surface area contributed by atoms with Crippen LogP contribution in [0.25, 0.3) is 22.4 Å². The first-order valence-electron chi connectivity index (χ1n) is 10.3. The summed E-state index contributed by atoms with van der Waals surface area (Å²) in [6, 6.07) is 3.73. The number of nitrogens with one attached hydrogen (secondary N) is 2. The molecule has 3 heterocycles. The molecule has 0 radical (unpaired) electrons. The number of amides is 1. The molecule has 1 aromatic carbocycles. The van der Waals surface area contributed by atoms with E-state index in [1.165, 1.54) is 6.20 Å². The molecule has 1 amide bonds. The van der Waals surface area contributed by atoms with Gasteiger partial charge in [0.15, 0.2) is 0 Å². The number of pyridine rings is 1. The van der Waals surface area contributed by atoms with Crippen LogP contribution in [0, 0.1) is 6.92 Å². The molecule has 1 saturated heterocycles. The second kappa shape index (κ2) is 7.77. The number of nitrogens with two attached hydrogens (primary N) is 1. The van der Waals surface area contributed by atoms with Gasteiger partial charge in [0.05, 0.1) is 27.8 Å². The minimum atomic E-state index is -4.55. The molecular weight excluding hydrogens is 421 g/mol. The average molecular weight is 446 g/mol. The van der Waals surface area contributed by atoms with Crippen LogP contribution in [0.4, 0.5) is 18.9 Å². The molecule has 2 unspecified atom stereocenters. The van der Waals surface area contributed by atoms with Crippen LogP contribution < -0.4 is 16.0 Å². The monoisotopic (exact) mass is 446 g/mol. The van der Waals surface area contributed by atoms with E-state index >= 15 is 0 Å². The summed E-state index contributed by atoms with van der Waals surface area (Å²) in [4.78, 5) is 26.9. The number of H-pyrrole nitrogens is 1. The highest BCUT2D eigenvalue weighted by Gasteiger charge is 2.39.